The second-order valence-corrected chi connectivity index (χ2v) is 8.90. The van der Waals surface area contributed by atoms with Crippen LogP contribution in [-0.4, -0.2) is 53.7 Å². The van der Waals surface area contributed by atoms with Gasteiger partial charge >= 0.3 is 0 Å². The van der Waals surface area contributed by atoms with E-state index in [1.54, 1.807) is 7.11 Å². The number of hydrogen-bond acceptors (Lipinski definition) is 5. The van der Waals surface area contributed by atoms with E-state index >= 15 is 0 Å². The van der Waals surface area contributed by atoms with Gasteiger partial charge in [0.25, 0.3) is 0 Å². The van der Waals surface area contributed by atoms with E-state index in [1.807, 2.05) is 6.07 Å². The average molecular weight is 355 g/mol. The van der Waals surface area contributed by atoms with Crippen LogP contribution in [0.2, 0.25) is 0 Å². The van der Waals surface area contributed by atoms with Crippen LogP contribution in [0.3, 0.4) is 0 Å². The van der Waals surface area contributed by atoms with Gasteiger partial charge in [-0.05, 0) is 56.2 Å². The standard InChI is InChI=1S/C21H25NO4/c1-25-15-5-4-13-10-16-21(24)7-6-14(23)19-20(21,17(13)18(15)26-19)8-9-22(16)11-12-2-3-12/h4-5,12,16,19,24H,2-3,6-11H2,1H3/t16-,19?,20+,21?/m1/s1. The molecule has 1 spiro atoms. The summed E-state index contributed by atoms with van der Waals surface area (Å²) in [5.41, 5.74) is 0.821. The molecule has 5 heteroatoms. The summed E-state index contributed by atoms with van der Waals surface area (Å²) in [5.74, 6) is 2.32. The molecule has 3 aliphatic carbocycles. The molecular formula is C21H25NO4. The van der Waals surface area contributed by atoms with Crippen LogP contribution in [0.25, 0.3) is 0 Å². The lowest BCUT2D eigenvalue weighted by atomic mass is 9.49. The number of methoxy groups -OCH3 is 1. The van der Waals surface area contributed by atoms with Crippen LogP contribution < -0.4 is 9.47 Å². The molecule has 5 nitrogen and oxygen atoms in total. The SMILES string of the molecule is COc1ccc2c3c1OC1C(=O)CCC4(O)[C@@H](C2)N(CC2CC2)CC[C@]314. The molecule has 1 N–H and O–H groups in total. The van der Waals surface area contributed by atoms with Crippen molar-refractivity contribution in [3.05, 3.63) is 23.3 Å². The largest absolute Gasteiger partial charge is 0.493 e. The van der Waals surface area contributed by atoms with Gasteiger partial charge in [-0.1, -0.05) is 6.07 Å². The molecule has 1 aromatic carbocycles. The Morgan fingerprint density at radius 2 is 2.19 bits per heavy atom. The van der Waals surface area contributed by atoms with Gasteiger partial charge in [0, 0.05) is 24.6 Å². The van der Waals surface area contributed by atoms with Crippen molar-refractivity contribution in [1.82, 2.24) is 4.90 Å². The minimum absolute atomic E-state index is 0.0860. The van der Waals surface area contributed by atoms with Crippen LogP contribution in [0.4, 0.5) is 0 Å². The zero-order chi connectivity index (χ0) is 17.7. The Hall–Kier alpha value is -1.59. The molecule has 0 radical (unpaired) electrons. The number of piperidine rings is 1. The van der Waals surface area contributed by atoms with E-state index in [9.17, 15) is 9.90 Å². The molecule has 3 fully saturated rings. The lowest BCUT2D eigenvalue weighted by Crippen LogP contribution is -2.76. The molecule has 2 bridgehead atoms. The Morgan fingerprint density at radius 3 is 2.96 bits per heavy atom. The van der Waals surface area contributed by atoms with Gasteiger partial charge in [0.1, 0.15) is 0 Å². The van der Waals surface area contributed by atoms with Crippen molar-refractivity contribution in [2.75, 3.05) is 20.2 Å². The quantitative estimate of drug-likeness (QED) is 0.896. The van der Waals surface area contributed by atoms with Gasteiger partial charge in [0.15, 0.2) is 23.4 Å². The van der Waals surface area contributed by atoms with Crippen molar-refractivity contribution < 1.29 is 19.4 Å². The Labute approximate surface area is 153 Å². The molecular weight excluding hydrogens is 330 g/mol. The minimum Gasteiger partial charge on any atom is -0.493 e. The first kappa shape index (κ1) is 15.5. The van der Waals surface area contributed by atoms with Crippen molar-refractivity contribution in [3.8, 4) is 11.5 Å². The number of rotatable bonds is 3. The Morgan fingerprint density at radius 1 is 1.35 bits per heavy atom. The molecule has 2 aliphatic heterocycles. The summed E-state index contributed by atoms with van der Waals surface area (Å²) < 4.78 is 11.8. The lowest BCUT2D eigenvalue weighted by Gasteiger charge is -2.62. The van der Waals surface area contributed by atoms with E-state index in [2.05, 4.69) is 11.0 Å². The van der Waals surface area contributed by atoms with Gasteiger partial charge < -0.3 is 14.6 Å². The molecule has 2 heterocycles. The molecule has 1 aromatic rings. The number of Topliss-reactive ketones (excluding diaryl/α,β-unsaturated/α-hetero) is 1. The number of ketones is 1. The third-order valence-electron chi connectivity index (χ3n) is 7.76. The second kappa shape index (κ2) is 4.82. The number of hydrogen-bond donors (Lipinski definition) is 1. The summed E-state index contributed by atoms with van der Waals surface area (Å²) >= 11 is 0. The predicted molar refractivity (Wildman–Crippen MR) is 94.7 cm³/mol. The second-order valence-electron chi connectivity index (χ2n) is 8.90. The van der Waals surface area contributed by atoms with Crippen LogP contribution in [0.5, 0.6) is 11.5 Å². The Kier molecular flexibility index (Phi) is 2.86. The first-order valence-electron chi connectivity index (χ1n) is 9.94. The monoisotopic (exact) mass is 355 g/mol. The van der Waals surface area contributed by atoms with E-state index in [4.69, 9.17) is 9.47 Å². The molecule has 26 heavy (non-hydrogen) atoms. The van der Waals surface area contributed by atoms with Gasteiger partial charge in [-0.3, -0.25) is 9.69 Å². The number of aliphatic hydroxyl groups is 1. The van der Waals surface area contributed by atoms with Gasteiger partial charge in [0.05, 0.1) is 18.1 Å². The molecule has 2 saturated carbocycles. The van der Waals surface area contributed by atoms with Gasteiger partial charge in [-0.25, -0.2) is 0 Å². The van der Waals surface area contributed by atoms with Crippen molar-refractivity contribution in [2.45, 2.75) is 61.7 Å². The van der Waals surface area contributed by atoms with Crippen LogP contribution in [0.15, 0.2) is 12.1 Å². The Balaban J connectivity index is 1.57. The fraction of sp³-hybridized carbons (Fsp3) is 0.667. The third kappa shape index (κ3) is 1.63. The predicted octanol–water partition coefficient (Wildman–Crippen LogP) is 1.83. The van der Waals surface area contributed by atoms with Gasteiger partial charge in [0.2, 0.25) is 0 Å². The van der Waals surface area contributed by atoms with Crippen LogP contribution in [0, 0.1) is 5.92 Å². The minimum atomic E-state index is -0.886. The summed E-state index contributed by atoms with van der Waals surface area (Å²) in [6, 6.07) is 4.16. The van der Waals surface area contributed by atoms with Crippen LogP contribution >= 0.6 is 0 Å². The third-order valence-corrected chi connectivity index (χ3v) is 7.76. The van der Waals surface area contributed by atoms with Crippen molar-refractivity contribution in [2.24, 2.45) is 5.92 Å². The molecule has 0 aromatic heterocycles. The molecule has 138 valence electrons. The Bertz CT molecular complexity index is 818. The van der Waals surface area contributed by atoms with Crippen molar-refractivity contribution >= 4 is 5.78 Å². The summed E-state index contributed by atoms with van der Waals surface area (Å²) in [6.45, 7) is 2.02. The first-order chi connectivity index (χ1) is 12.6. The van der Waals surface area contributed by atoms with Gasteiger partial charge in [-0.15, -0.1) is 0 Å². The molecule has 4 atom stereocenters. The highest BCUT2D eigenvalue weighted by Gasteiger charge is 2.73. The van der Waals surface area contributed by atoms with Crippen LogP contribution in [0.1, 0.15) is 43.2 Å². The van der Waals surface area contributed by atoms with Crippen molar-refractivity contribution in [1.29, 1.82) is 0 Å². The molecule has 0 amide bonds. The summed E-state index contributed by atoms with van der Waals surface area (Å²) in [7, 11) is 1.64. The fourth-order valence-electron chi connectivity index (χ4n) is 6.41. The highest BCUT2D eigenvalue weighted by atomic mass is 16.5. The fourth-order valence-corrected chi connectivity index (χ4v) is 6.41. The van der Waals surface area contributed by atoms with Crippen LogP contribution in [-0.2, 0) is 16.6 Å². The molecule has 2 unspecified atom stereocenters. The normalized spacial score (nSPS) is 40.2. The zero-order valence-electron chi connectivity index (χ0n) is 15.2. The number of benzene rings is 1. The average Bonchev–Trinajstić information content (AvgIpc) is 3.37. The number of carbonyl (C=O) groups excluding carboxylic acids is 1. The van der Waals surface area contributed by atoms with E-state index < -0.39 is 17.1 Å². The first-order valence-corrected chi connectivity index (χ1v) is 9.94. The molecule has 6 rings (SSSR count). The number of carbonyl (C=O) groups is 1. The summed E-state index contributed by atoms with van der Waals surface area (Å²) in [6.07, 6.45) is 4.65. The maximum atomic E-state index is 12.8. The zero-order valence-corrected chi connectivity index (χ0v) is 15.2. The topological polar surface area (TPSA) is 59.0 Å². The summed E-state index contributed by atoms with van der Waals surface area (Å²) in [5, 5.41) is 12.1. The van der Waals surface area contributed by atoms with E-state index in [-0.39, 0.29) is 11.8 Å². The van der Waals surface area contributed by atoms with E-state index in [1.165, 1.54) is 18.4 Å². The maximum Gasteiger partial charge on any atom is 0.174 e. The maximum absolute atomic E-state index is 12.8. The van der Waals surface area contributed by atoms with Crippen molar-refractivity contribution in [3.63, 3.8) is 0 Å². The van der Waals surface area contributed by atoms with Gasteiger partial charge in [-0.2, -0.15) is 0 Å². The number of nitrogens with zero attached hydrogens (tertiary/aromatic N) is 1. The molecule has 5 aliphatic rings. The number of ether oxygens (including phenoxy) is 2. The summed E-state index contributed by atoms with van der Waals surface area (Å²) in [4.78, 5) is 15.4. The number of likely N-dealkylation sites (tertiary alicyclic amines) is 1. The highest BCUT2D eigenvalue weighted by molar-refractivity contribution is 5.90. The van der Waals surface area contributed by atoms with E-state index in [0.717, 1.165) is 37.4 Å². The molecule has 1 saturated heterocycles. The van der Waals surface area contributed by atoms with E-state index in [0.29, 0.717) is 24.3 Å². The smallest absolute Gasteiger partial charge is 0.174 e. The lowest BCUT2D eigenvalue weighted by molar-refractivity contribution is -0.188. The highest BCUT2D eigenvalue weighted by Crippen LogP contribution is 2.65.